The highest BCUT2D eigenvalue weighted by molar-refractivity contribution is 5.71. The lowest BCUT2D eigenvalue weighted by atomic mass is 10.0. The van der Waals surface area contributed by atoms with Crippen molar-refractivity contribution in [2.24, 2.45) is 0 Å². The Kier molecular flexibility index (Phi) is 68.1. The lowest BCUT2D eigenvalue weighted by molar-refractivity contribution is -0.167. The molecule has 0 aromatic carbocycles. The first-order valence-corrected chi connectivity index (χ1v) is 36.5. The molecule has 0 aliphatic heterocycles. The van der Waals surface area contributed by atoms with Crippen molar-refractivity contribution < 1.29 is 28.6 Å². The average Bonchev–Trinajstić information content (AvgIpc) is 3.46. The van der Waals surface area contributed by atoms with Crippen molar-refractivity contribution >= 4 is 17.9 Å². The van der Waals surface area contributed by atoms with Crippen LogP contribution >= 0.6 is 0 Å². The van der Waals surface area contributed by atoms with Crippen molar-refractivity contribution in [3.8, 4) is 0 Å². The van der Waals surface area contributed by atoms with Gasteiger partial charge in [-0.3, -0.25) is 14.4 Å². The number of ether oxygens (including phenoxy) is 3. The minimum absolute atomic E-state index is 0.0706. The van der Waals surface area contributed by atoms with E-state index in [-0.39, 0.29) is 31.1 Å². The molecule has 0 fully saturated rings. The highest BCUT2D eigenvalue weighted by Gasteiger charge is 2.19. The summed E-state index contributed by atoms with van der Waals surface area (Å²) in [5.74, 6) is -0.853. The lowest BCUT2D eigenvalue weighted by Gasteiger charge is -2.18. The highest BCUT2D eigenvalue weighted by Crippen LogP contribution is 2.19. The average molecular weight is 1140 g/mol. The molecule has 1 atom stereocenters. The highest BCUT2D eigenvalue weighted by atomic mass is 16.6. The van der Waals surface area contributed by atoms with Crippen LogP contribution in [-0.4, -0.2) is 37.2 Å². The van der Waals surface area contributed by atoms with E-state index < -0.39 is 6.10 Å². The molecule has 0 amide bonds. The Hall–Kier alpha value is -2.37. The molecule has 0 saturated heterocycles. The first-order valence-electron chi connectivity index (χ1n) is 36.5. The topological polar surface area (TPSA) is 78.9 Å². The minimum Gasteiger partial charge on any atom is -0.462 e. The van der Waals surface area contributed by atoms with Gasteiger partial charge in [-0.15, -0.1) is 0 Å². The summed E-state index contributed by atoms with van der Waals surface area (Å²) < 4.78 is 17.0. The zero-order valence-electron chi connectivity index (χ0n) is 54.8. The van der Waals surface area contributed by atoms with E-state index in [1.54, 1.807) is 0 Å². The molecule has 0 saturated carbocycles. The Morgan fingerprint density at radius 3 is 0.704 bits per heavy atom. The van der Waals surface area contributed by atoms with Crippen LogP contribution in [0, 0.1) is 0 Å². The van der Waals surface area contributed by atoms with Crippen molar-refractivity contribution in [3.05, 3.63) is 36.5 Å². The third kappa shape index (κ3) is 68.3. The molecule has 6 heteroatoms. The number of carbonyl (C=O) groups excluding carboxylic acids is 3. The van der Waals surface area contributed by atoms with E-state index in [1.807, 2.05) is 0 Å². The Labute approximate surface area is 506 Å². The molecule has 0 aliphatic rings. The summed E-state index contributed by atoms with van der Waals surface area (Å²) in [5, 5.41) is 0. The van der Waals surface area contributed by atoms with Gasteiger partial charge in [0.1, 0.15) is 13.2 Å². The fraction of sp³-hybridized carbons (Fsp3) is 0.880. The SMILES string of the molecule is CCCCCC/C=C\CCCCCCCC(=O)OCC(COC(=O)CCCCCCCCCCCCCCCCCCCCCCCCCCCCC)OC(=O)CCCCCCCCCCCCC/C=C\C/C=C\CCCCCCC. The number of hydrogen-bond donors (Lipinski definition) is 0. The van der Waals surface area contributed by atoms with Gasteiger partial charge >= 0.3 is 17.9 Å². The van der Waals surface area contributed by atoms with Gasteiger partial charge < -0.3 is 14.2 Å². The van der Waals surface area contributed by atoms with Gasteiger partial charge in [0.25, 0.3) is 0 Å². The van der Waals surface area contributed by atoms with Gasteiger partial charge in [0, 0.05) is 19.3 Å². The van der Waals surface area contributed by atoms with Crippen LogP contribution in [0.4, 0.5) is 0 Å². The number of unbranched alkanes of at least 4 members (excludes halogenated alkanes) is 51. The molecule has 0 aliphatic carbocycles. The first kappa shape index (κ1) is 78.6. The molecule has 476 valence electrons. The van der Waals surface area contributed by atoms with Crippen LogP contribution in [0.3, 0.4) is 0 Å². The van der Waals surface area contributed by atoms with E-state index in [9.17, 15) is 14.4 Å². The molecule has 0 heterocycles. The van der Waals surface area contributed by atoms with Gasteiger partial charge in [-0.1, -0.05) is 346 Å². The summed E-state index contributed by atoms with van der Waals surface area (Å²) in [4.78, 5) is 38.4. The van der Waals surface area contributed by atoms with Crippen molar-refractivity contribution in [1.82, 2.24) is 0 Å². The zero-order valence-corrected chi connectivity index (χ0v) is 54.8. The molecule has 0 bridgehead atoms. The van der Waals surface area contributed by atoms with Gasteiger partial charge in [-0.2, -0.15) is 0 Å². The Morgan fingerprint density at radius 1 is 0.247 bits per heavy atom. The number of allylic oxidation sites excluding steroid dienone is 6. The van der Waals surface area contributed by atoms with Crippen LogP contribution in [-0.2, 0) is 28.6 Å². The zero-order chi connectivity index (χ0) is 58.5. The van der Waals surface area contributed by atoms with Gasteiger partial charge in [0.05, 0.1) is 0 Å². The third-order valence-corrected chi connectivity index (χ3v) is 16.6. The van der Waals surface area contributed by atoms with E-state index >= 15 is 0 Å². The van der Waals surface area contributed by atoms with E-state index in [0.29, 0.717) is 19.3 Å². The fourth-order valence-corrected chi connectivity index (χ4v) is 11.1. The molecule has 0 radical (unpaired) electrons. The number of carbonyl (C=O) groups is 3. The Bertz CT molecular complexity index is 1350. The maximum absolute atomic E-state index is 13.0. The molecule has 0 aromatic heterocycles. The molecule has 1 unspecified atom stereocenters. The molecular formula is C75H140O6. The van der Waals surface area contributed by atoms with Gasteiger partial charge in [0.2, 0.25) is 0 Å². The molecule has 0 rings (SSSR count). The molecule has 81 heavy (non-hydrogen) atoms. The van der Waals surface area contributed by atoms with Crippen LogP contribution < -0.4 is 0 Å². The largest absolute Gasteiger partial charge is 0.462 e. The summed E-state index contributed by atoms with van der Waals surface area (Å²) in [6.45, 7) is 6.68. The number of esters is 3. The summed E-state index contributed by atoms with van der Waals surface area (Å²) >= 11 is 0. The normalized spacial score (nSPS) is 12.2. The maximum atomic E-state index is 13.0. The van der Waals surface area contributed by atoms with Crippen molar-refractivity contribution in [2.45, 2.75) is 412 Å². The predicted octanol–water partition coefficient (Wildman–Crippen LogP) is 25.1. The predicted molar refractivity (Wildman–Crippen MR) is 353 cm³/mol. The van der Waals surface area contributed by atoms with Crippen LogP contribution in [0.25, 0.3) is 0 Å². The van der Waals surface area contributed by atoms with Crippen molar-refractivity contribution in [1.29, 1.82) is 0 Å². The standard InChI is InChI=1S/C75H140O6/c1-4-7-10-13-16-19-22-25-27-29-31-33-35-36-37-38-40-41-43-45-47-50-53-56-59-62-65-68-74(77)80-71-72(70-79-73(76)67-64-61-58-55-52-49-24-21-18-15-12-9-6-3)81-75(78)69-66-63-60-57-54-51-48-46-44-42-39-34-32-30-28-26-23-20-17-14-11-8-5-2/h21,23-24,26,30,32,72H,4-20,22,25,27-29,31,33-71H2,1-3H3/b24-21-,26-23-,32-30-. The summed E-state index contributed by atoms with van der Waals surface area (Å²) in [6.07, 6.45) is 87.6. The van der Waals surface area contributed by atoms with Gasteiger partial charge in [-0.25, -0.2) is 0 Å². The van der Waals surface area contributed by atoms with Crippen molar-refractivity contribution in [3.63, 3.8) is 0 Å². The Morgan fingerprint density at radius 2 is 0.444 bits per heavy atom. The van der Waals surface area contributed by atoms with Crippen LogP contribution in [0.15, 0.2) is 36.5 Å². The quantitative estimate of drug-likeness (QED) is 0.0261. The maximum Gasteiger partial charge on any atom is 0.306 e. The molecule has 0 N–H and O–H groups in total. The van der Waals surface area contributed by atoms with Crippen LogP contribution in [0.5, 0.6) is 0 Å². The summed E-state index contributed by atoms with van der Waals surface area (Å²) in [6, 6.07) is 0. The van der Waals surface area contributed by atoms with Crippen molar-refractivity contribution in [2.75, 3.05) is 13.2 Å². The second-order valence-corrected chi connectivity index (χ2v) is 24.9. The molecule has 0 aromatic rings. The smallest absolute Gasteiger partial charge is 0.306 e. The van der Waals surface area contributed by atoms with E-state index in [2.05, 4.69) is 57.2 Å². The Balaban J connectivity index is 4.21. The number of rotatable bonds is 68. The molecule has 6 nitrogen and oxygen atoms in total. The fourth-order valence-electron chi connectivity index (χ4n) is 11.1. The van der Waals surface area contributed by atoms with Crippen LogP contribution in [0.2, 0.25) is 0 Å². The molecular weight excluding hydrogens is 997 g/mol. The van der Waals surface area contributed by atoms with E-state index in [1.165, 1.54) is 295 Å². The summed E-state index contributed by atoms with van der Waals surface area (Å²) in [7, 11) is 0. The number of hydrogen-bond acceptors (Lipinski definition) is 6. The second kappa shape index (κ2) is 70.1. The van der Waals surface area contributed by atoms with Crippen LogP contribution in [0.1, 0.15) is 406 Å². The van der Waals surface area contributed by atoms with E-state index in [4.69, 9.17) is 14.2 Å². The third-order valence-electron chi connectivity index (χ3n) is 16.6. The van der Waals surface area contributed by atoms with E-state index in [0.717, 1.165) is 70.6 Å². The lowest BCUT2D eigenvalue weighted by Crippen LogP contribution is -2.30. The molecule has 0 spiro atoms. The second-order valence-electron chi connectivity index (χ2n) is 24.9. The first-order chi connectivity index (χ1) is 40.0. The van der Waals surface area contributed by atoms with Gasteiger partial charge in [-0.05, 0) is 77.0 Å². The monoisotopic (exact) mass is 1140 g/mol. The summed E-state index contributed by atoms with van der Waals surface area (Å²) in [5.41, 5.74) is 0. The van der Waals surface area contributed by atoms with Gasteiger partial charge in [0.15, 0.2) is 6.10 Å². The minimum atomic E-state index is -0.776.